The maximum atomic E-state index is 11.8. The minimum atomic E-state index is -3.04. The first-order valence-electron chi connectivity index (χ1n) is 5.85. The summed E-state index contributed by atoms with van der Waals surface area (Å²) in [4.78, 5) is 16.8. The molecule has 0 saturated carbocycles. The lowest BCUT2D eigenvalue weighted by Gasteiger charge is -2.25. The summed E-state index contributed by atoms with van der Waals surface area (Å²) in [5.74, 6) is -0.193. The van der Waals surface area contributed by atoms with Crippen LogP contribution in [0.1, 0.15) is 13.3 Å². The third-order valence-corrected chi connectivity index (χ3v) is 5.03. The molecule has 0 radical (unpaired) electrons. The number of rotatable bonds is 3. The smallest absolute Gasteiger partial charge is 0.237 e. The van der Waals surface area contributed by atoms with Gasteiger partial charge in [-0.15, -0.1) is 0 Å². The van der Waals surface area contributed by atoms with Crippen molar-refractivity contribution in [3.63, 3.8) is 0 Å². The van der Waals surface area contributed by atoms with E-state index in [4.69, 9.17) is 4.84 Å². The quantitative estimate of drug-likeness (QED) is 0.638. The number of β-amino-alcohol motifs (C(OH)–C–C–N with tert-alkyl or cyclic N) is 1. The topological polar surface area (TPSA) is 95.9 Å². The van der Waals surface area contributed by atoms with Gasteiger partial charge in [0.2, 0.25) is 5.91 Å². The molecule has 1 unspecified atom stereocenters. The van der Waals surface area contributed by atoms with Crippen molar-refractivity contribution in [1.82, 2.24) is 10.4 Å². The van der Waals surface area contributed by atoms with E-state index in [0.717, 1.165) is 0 Å². The van der Waals surface area contributed by atoms with E-state index in [-0.39, 0.29) is 30.6 Å². The SMILES string of the molecule is CC1(NC(=O)CN2C[C@@H](O)CO2)CCS(=O)(=O)C1. The number of amides is 1. The van der Waals surface area contributed by atoms with Gasteiger partial charge >= 0.3 is 0 Å². The van der Waals surface area contributed by atoms with Crippen LogP contribution in [-0.2, 0) is 19.5 Å². The molecule has 2 heterocycles. The highest BCUT2D eigenvalue weighted by Gasteiger charge is 2.39. The van der Waals surface area contributed by atoms with Gasteiger partial charge in [0, 0.05) is 0 Å². The summed E-state index contributed by atoms with van der Waals surface area (Å²) < 4.78 is 22.8. The zero-order valence-corrected chi connectivity index (χ0v) is 11.1. The van der Waals surface area contributed by atoms with E-state index in [9.17, 15) is 18.3 Å². The standard InChI is InChI=1S/C10H18N2O5S/c1-10(2-3-18(15,16)7-10)11-9(14)5-12-4-8(13)6-17-12/h8,13H,2-7H2,1H3,(H,11,14)/t8-,10?/m1/s1. The number of aliphatic hydroxyl groups is 1. The maximum Gasteiger partial charge on any atom is 0.237 e. The molecule has 7 nitrogen and oxygen atoms in total. The maximum absolute atomic E-state index is 11.8. The van der Waals surface area contributed by atoms with Crippen LogP contribution in [0.3, 0.4) is 0 Å². The van der Waals surface area contributed by atoms with E-state index in [1.807, 2.05) is 0 Å². The second kappa shape index (κ2) is 4.76. The Hall–Kier alpha value is -0.700. The molecule has 2 N–H and O–H groups in total. The van der Waals surface area contributed by atoms with E-state index in [1.54, 1.807) is 6.92 Å². The predicted octanol–water partition coefficient (Wildman–Crippen LogP) is -1.71. The van der Waals surface area contributed by atoms with E-state index in [0.29, 0.717) is 13.0 Å². The highest BCUT2D eigenvalue weighted by atomic mass is 32.2. The van der Waals surface area contributed by atoms with Crippen molar-refractivity contribution in [2.45, 2.75) is 25.0 Å². The fourth-order valence-corrected chi connectivity index (χ4v) is 4.38. The zero-order chi connectivity index (χ0) is 13.4. The van der Waals surface area contributed by atoms with Crippen LogP contribution in [0.15, 0.2) is 0 Å². The second-order valence-corrected chi connectivity index (χ2v) is 7.41. The Labute approximate surface area is 106 Å². The van der Waals surface area contributed by atoms with Gasteiger partial charge in [-0.1, -0.05) is 0 Å². The lowest BCUT2D eigenvalue weighted by molar-refractivity contribution is -0.143. The molecular weight excluding hydrogens is 260 g/mol. The van der Waals surface area contributed by atoms with Crippen LogP contribution in [0, 0.1) is 0 Å². The van der Waals surface area contributed by atoms with Crippen molar-refractivity contribution < 1.29 is 23.2 Å². The summed E-state index contributed by atoms with van der Waals surface area (Å²) in [5.41, 5.74) is -0.686. The largest absolute Gasteiger partial charge is 0.389 e. The fourth-order valence-electron chi connectivity index (χ4n) is 2.29. The van der Waals surface area contributed by atoms with Crippen LogP contribution in [0.4, 0.5) is 0 Å². The molecule has 2 aliphatic heterocycles. The minimum Gasteiger partial charge on any atom is -0.389 e. The van der Waals surface area contributed by atoms with Gasteiger partial charge in [-0.2, -0.15) is 5.06 Å². The van der Waals surface area contributed by atoms with Crippen LogP contribution in [-0.4, -0.2) is 67.3 Å². The molecule has 0 aliphatic carbocycles. The predicted molar refractivity (Wildman–Crippen MR) is 63.4 cm³/mol. The first kappa shape index (κ1) is 13.7. The average molecular weight is 278 g/mol. The van der Waals surface area contributed by atoms with Crippen molar-refractivity contribution in [3.8, 4) is 0 Å². The Morgan fingerprint density at radius 2 is 2.33 bits per heavy atom. The number of sulfone groups is 1. The summed E-state index contributed by atoms with van der Waals surface area (Å²) in [6, 6.07) is 0. The number of hydroxylamine groups is 2. The highest BCUT2D eigenvalue weighted by Crippen LogP contribution is 2.22. The lowest BCUT2D eigenvalue weighted by atomic mass is 10.0. The number of hydrogen-bond acceptors (Lipinski definition) is 6. The molecular formula is C10H18N2O5S. The number of aliphatic hydroxyl groups excluding tert-OH is 1. The molecule has 8 heteroatoms. The molecule has 0 bridgehead atoms. The highest BCUT2D eigenvalue weighted by molar-refractivity contribution is 7.91. The molecule has 0 aromatic heterocycles. The summed E-state index contributed by atoms with van der Waals surface area (Å²) in [6.45, 7) is 2.23. The van der Waals surface area contributed by atoms with E-state index in [2.05, 4.69) is 5.32 Å². The summed E-state index contributed by atoms with van der Waals surface area (Å²) >= 11 is 0. The molecule has 2 saturated heterocycles. The number of hydrogen-bond donors (Lipinski definition) is 2. The number of nitrogens with one attached hydrogen (secondary N) is 1. The molecule has 0 aromatic carbocycles. The number of nitrogens with zero attached hydrogens (tertiary/aromatic N) is 1. The molecule has 2 atom stereocenters. The fraction of sp³-hybridized carbons (Fsp3) is 0.900. The van der Waals surface area contributed by atoms with Crippen molar-refractivity contribution in [3.05, 3.63) is 0 Å². The van der Waals surface area contributed by atoms with E-state index < -0.39 is 21.5 Å². The zero-order valence-electron chi connectivity index (χ0n) is 10.3. The molecule has 2 rings (SSSR count). The van der Waals surface area contributed by atoms with Crippen molar-refractivity contribution in [2.75, 3.05) is 31.2 Å². The van der Waals surface area contributed by atoms with Crippen molar-refractivity contribution in [2.24, 2.45) is 0 Å². The monoisotopic (exact) mass is 278 g/mol. The third kappa shape index (κ3) is 3.41. The first-order valence-corrected chi connectivity index (χ1v) is 7.68. The van der Waals surface area contributed by atoms with Gasteiger partial charge in [-0.3, -0.25) is 9.63 Å². The van der Waals surface area contributed by atoms with Crippen LogP contribution >= 0.6 is 0 Å². The number of carbonyl (C=O) groups excluding carboxylic acids is 1. The number of carbonyl (C=O) groups is 1. The van der Waals surface area contributed by atoms with Crippen LogP contribution in [0.5, 0.6) is 0 Å². The minimum absolute atomic E-state index is 0.00664. The Kier molecular flexibility index (Phi) is 3.63. The van der Waals surface area contributed by atoms with Gasteiger partial charge in [0.1, 0.15) is 6.54 Å². The first-order chi connectivity index (χ1) is 8.28. The van der Waals surface area contributed by atoms with E-state index in [1.165, 1.54) is 5.06 Å². The average Bonchev–Trinajstić information content (AvgIpc) is 2.70. The molecule has 18 heavy (non-hydrogen) atoms. The van der Waals surface area contributed by atoms with Gasteiger partial charge < -0.3 is 10.4 Å². The molecule has 1 amide bonds. The summed E-state index contributed by atoms with van der Waals surface area (Å²) in [5, 5.41) is 13.4. The molecule has 2 fully saturated rings. The lowest BCUT2D eigenvalue weighted by Crippen LogP contribution is -2.50. The normalized spacial score (nSPS) is 35.8. The summed E-state index contributed by atoms with van der Waals surface area (Å²) in [7, 11) is -3.04. The van der Waals surface area contributed by atoms with Gasteiger partial charge in [0.15, 0.2) is 9.84 Å². The molecule has 0 aromatic rings. The van der Waals surface area contributed by atoms with E-state index >= 15 is 0 Å². The van der Waals surface area contributed by atoms with Crippen LogP contribution in [0.25, 0.3) is 0 Å². The van der Waals surface area contributed by atoms with Gasteiger partial charge in [-0.25, -0.2) is 8.42 Å². The Morgan fingerprint density at radius 3 is 2.83 bits per heavy atom. The van der Waals surface area contributed by atoms with Crippen molar-refractivity contribution in [1.29, 1.82) is 0 Å². The Bertz CT molecular complexity index is 438. The third-order valence-electron chi connectivity index (χ3n) is 3.13. The van der Waals surface area contributed by atoms with Gasteiger partial charge in [0.25, 0.3) is 0 Å². The van der Waals surface area contributed by atoms with Crippen LogP contribution in [0.2, 0.25) is 0 Å². The Morgan fingerprint density at radius 1 is 1.61 bits per heavy atom. The van der Waals surface area contributed by atoms with Gasteiger partial charge in [-0.05, 0) is 13.3 Å². The molecule has 0 spiro atoms. The second-order valence-electron chi connectivity index (χ2n) is 5.22. The van der Waals surface area contributed by atoms with Crippen LogP contribution < -0.4 is 5.32 Å². The molecule has 2 aliphatic rings. The Balaban J connectivity index is 1.84. The van der Waals surface area contributed by atoms with Gasteiger partial charge in [0.05, 0.1) is 36.3 Å². The summed E-state index contributed by atoms with van der Waals surface area (Å²) in [6.07, 6.45) is -0.134. The molecule has 104 valence electrons. The van der Waals surface area contributed by atoms with Crippen molar-refractivity contribution >= 4 is 15.7 Å².